The zero-order valence-electron chi connectivity index (χ0n) is 30.8. The quantitative estimate of drug-likeness (QED) is 0.136. The lowest BCUT2D eigenvalue weighted by Crippen LogP contribution is -2.26. The fourth-order valence-corrected chi connectivity index (χ4v) is 8.47. The molecule has 0 bridgehead atoms. The minimum Gasteiger partial charge on any atom is -0.383 e. The maximum absolute atomic E-state index is 6.72. The minimum absolute atomic E-state index is 0.158. The summed E-state index contributed by atoms with van der Waals surface area (Å²) in [7, 11) is 0. The van der Waals surface area contributed by atoms with E-state index in [9.17, 15) is 0 Å². The normalized spacial score (nSPS) is 13.8. The Morgan fingerprint density at radius 3 is 2.13 bits per heavy atom. The molecule has 1 aliphatic rings. The van der Waals surface area contributed by atoms with E-state index in [2.05, 4.69) is 138 Å². The topological polar surface area (TPSA) is 60.6 Å². The van der Waals surface area contributed by atoms with Gasteiger partial charge < -0.3 is 14.9 Å². The molecule has 0 spiro atoms. The SMILES string of the molecule is CC1(C)c2ccccc2-n2ccc3c4c5ccccc5n(-c5ccc(-c6cccc(C(N)=NC(=NCc7ccccc7)c7ccccc7)c6)cc5)c4cc1c32. The first kappa shape index (κ1) is 32.7. The number of rotatable bonds is 6. The summed E-state index contributed by atoms with van der Waals surface area (Å²) in [5.74, 6) is 1.03. The van der Waals surface area contributed by atoms with E-state index >= 15 is 0 Å². The molecular weight excluding hydrogens is 671 g/mol. The molecule has 2 aromatic heterocycles. The minimum atomic E-state index is -0.158. The van der Waals surface area contributed by atoms with E-state index in [1.54, 1.807) is 0 Å². The molecular formula is C50H39N5. The van der Waals surface area contributed by atoms with Crippen molar-refractivity contribution >= 4 is 44.4 Å². The molecule has 0 fully saturated rings. The van der Waals surface area contributed by atoms with Crippen LogP contribution in [-0.2, 0) is 12.0 Å². The number of hydrogen-bond donors (Lipinski definition) is 1. The first-order valence-electron chi connectivity index (χ1n) is 18.8. The highest BCUT2D eigenvalue weighted by molar-refractivity contribution is 6.22. The molecule has 264 valence electrons. The summed E-state index contributed by atoms with van der Waals surface area (Å²) in [6, 6.07) is 59.7. The second-order valence-corrected chi connectivity index (χ2v) is 14.9. The third-order valence-corrected chi connectivity index (χ3v) is 11.2. The fourth-order valence-electron chi connectivity index (χ4n) is 8.47. The summed E-state index contributed by atoms with van der Waals surface area (Å²) in [4.78, 5) is 9.76. The predicted molar refractivity (Wildman–Crippen MR) is 229 cm³/mol. The zero-order chi connectivity index (χ0) is 37.1. The van der Waals surface area contributed by atoms with Gasteiger partial charge in [-0.1, -0.05) is 141 Å². The van der Waals surface area contributed by atoms with Crippen molar-refractivity contribution < 1.29 is 0 Å². The van der Waals surface area contributed by atoms with Crippen LogP contribution in [0.3, 0.4) is 0 Å². The molecule has 2 N–H and O–H groups in total. The average molecular weight is 710 g/mol. The fraction of sp³-hybridized carbons (Fsp3) is 0.0800. The molecule has 0 unspecified atom stereocenters. The van der Waals surface area contributed by atoms with Crippen LogP contribution in [0.2, 0.25) is 0 Å². The summed E-state index contributed by atoms with van der Waals surface area (Å²) < 4.78 is 4.82. The number of nitrogens with zero attached hydrogens (tertiary/aromatic N) is 4. The molecule has 0 amide bonds. The average Bonchev–Trinajstić information content (AvgIpc) is 3.82. The Hall–Kier alpha value is -6.98. The Bertz CT molecular complexity index is 2960. The van der Waals surface area contributed by atoms with Crippen molar-refractivity contribution in [1.82, 2.24) is 9.13 Å². The highest BCUT2D eigenvalue weighted by atomic mass is 15.0. The standard InChI is InChI=1S/C50H39N5/c1-50(2)41-21-10-12-23-44(41)54-29-28-40-46-39-20-9-11-22-43(39)55(45(46)31-42(50)47(40)54)38-26-24-34(25-27-38)36-18-13-19-37(30-36)48(51)53-49(35-16-7-4-8-17-35)52-32-33-14-5-3-6-15-33/h3-31H,32H2,1-2H3,(H2,51,52,53). The molecule has 3 heterocycles. The number of aromatic nitrogens is 2. The maximum Gasteiger partial charge on any atom is 0.157 e. The van der Waals surface area contributed by atoms with Crippen LogP contribution in [0.25, 0.3) is 55.2 Å². The molecule has 1 aliphatic heterocycles. The molecule has 0 radical (unpaired) electrons. The van der Waals surface area contributed by atoms with Gasteiger partial charge in [0.2, 0.25) is 0 Å². The van der Waals surface area contributed by atoms with Gasteiger partial charge in [0.05, 0.1) is 23.1 Å². The first-order chi connectivity index (χ1) is 27.0. The Labute approximate surface area is 320 Å². The molecule has 0 saturated heterocycles. The van der Waals surface area contributed by atoms with Crippen molar-refractivity contribution in [2.45, 2.75) is 25.8 Å². The van der Waals surface area contributed by atoms with E-state index in [0.29, 0.717) is 18.2 Å². The Morgan fingerprint density at radius 1 is 0.600 bits per heavy atom. The van der Waals surface area contributed by atoms with Crippen molar-refractivity contribution in [1.29, 1.82) is 0 Å². The van der Waals surface area contributed by atoms with Crippen LogP contribution in [0.5, 0.6) is 0 Å². The Morgan fingerprint density at radius 2 is 1.31 bits per heavy atom. The molecule has 5 heteroatoms. The van der Waals surface area contributed by atoms with Crippen LogP contribution in [-0.4, -0.2) is 20.8 Å². The van der Waals surface area contributed by atoms with Crippen LogP contribution in [0.15, 0.2) is 186 Å². The molecule has 7 aromatic carbocycles. The summed E-state index contributed by atoms with van der Waals surface area (Å²) in [6.45, 7) is 5.23. The molecule has 10 rings (SSSR count). The molecule has 0 atom stereocenters. The highest BCUT2D eigenvalue weighted by Gasteiger charge is 2.35. The molecule has 55 heavy (non-hydrogen) atoms. The maximum atomic E-state index is 6.72. The van der Waals surface area contributed by atoms with Crippen molar-refractivity contribution in [2.24, 2.45) is 15.7 Å². The monoisotopic (exact) mass is 709 g/mol. The third-order valence-electron chi connectivity index (χ3n) is 11.2. The van der Waals surface area contributed by atoms with Crippen LogP contribution in [0.4, 0.5) is 0 Å². The number of benzene rings is 7. The van der Waals surface area contributed by atoms with E-state index in [1.165, 1.54) is 49.5 Å². The van der Waals surface area contributed by atoms with Crippen molar-refractivity contribution in [3.8, 4) is 22.5 Å². The predicted octanol–water partition coefficient (Wildman–Crippen LogP) is 11.4. The lowest BCUT2D eigenvalue weighted by atomic mass is 9.74. The van der Waals surface area contributed by atoms with Gasteiger partial charge in [-0.25, -0.2) is 4.99 Å². The van der Waals surface area contributed by atoms with Crippen molar-refractivity contribution in [3.05, 3.63) is 204 Å². The number of aliphatic imine (C=N–C) groups is 2. The summed E-state index contributed by atoms with van der Waals surface area (Å²) in [5, 5.41) is 3.84. The lowest BCUT2D eigenvalue weighted by Gasteiger charge is -2.34. The number of amidine groups is 2. The second-order valence-electron chi connectivity index (χ2n) is 14.9. The van der Waals surface area contributed by atoms with E-state index in [4.69, 9.17) is 15.7 Å². The number of hydrogen-bond acceptors (Lipinski definition) is 1. The Kier molecular flexibility index (Phi) is 7.63. The summed E-state index contributed by atoms with van der Waals surface area (Å²) in [5.41, 5.74) is 20.4. The number of para-hydroxylation sites is 2. The van der Waals surface area contributed by atoms with Crippen LogP contribution >= 0.6 is 0 Å². The van der Waals surface area contributed by atoms with Crippen LogP contribution < -0.4 is 5.73 Å². The third kappa shape index (κ3) is 5.39. The molecule has 0 saturated carbocycles. The van der Waals surface area contributed by atoms with Gasteiger partial charge in [0.1, 0.15) is 5.84 Å². The lowest BCUT2D eigenvalue weighted by molar-refractivity contribution is 0.629. The molecule has 5 nitrogen and oxygen atoms in total. The van der Waals surface area contributed by atoms with Gasteiger partial charge >= 0.3 is 0 Å². The van der Waals surface area contributed by atoms with E-state index in [-0.39, 0.29) is 5.41 Å². The van der Waals surface area contributed by atoms with Gasteiger partial charge in [-0.05, 0) is 70.3 Å². The van der Waals surface area contributed by atoms with Gasteiger partial charge in [-0.2, -0.15) is 0 Å². The second kappa shape index (κ2) is 12.9. The first-order valence-corrected chi connectivity index (χ1v) is 18.8. The Balaban J connectivity index is 1.04. The smallest absolute Gasteiger partial charge is 0.157 e. The summed E-state index contributed by atoms with van der Waals surface area (Å²) >= 11 is 0. The van der Waals surface area contributed by atoms with Crippen molar-refractivity contribution in [3.63, 3.8) is 0 Å². The highest BCUT2D eigenvalue weighted by Crippen LogP contribution is 2.48. The van der Waals surface area contributed by atoms with E-state index in [1.807, 2.05) is 60.7 Å². The van der Waals surface area contributed by atoms with Crippen molar-refractivity contribution in [2.75, 3.05) is 0 Å². The van der Waals surface area contributed by atoms with Gasteiger partial charge in [0.15, 0.2) is 5.84 Å². The van der Waals surface area contributed by atoms with E-state index < -0.39 is 0 Å². The summed E-state index contributed by atoms with van der Waals surface area (Å²) in [6.07, 6.45) is 2.24. The number of nitrogens with two attached hydrogens (primary N) is 1. The molecule has 0 aliphatic carbocycles. The largest absolute Gasteiger partial charge is 0.383 e. The van der Waals surface area contributed by atoms with E-state index in [0.717, 1.165) is 33.5 Å². The van der Waals surface area contributed by atoms with Gasteiger partial charge in [-0.3, -0.25) is 4.99 Å². The van der Waals surface area contributed by atoms with Gasteiger partial charge in [0.25, 0.3) is 0 Å². The zero-order valence-corrected chi connectivity index (χ0v) is 30.8. The van der Waals surface area contributed by atoms with Gasteiger partial charge in [0, 0.05) is 50.3 Å². The van der Waals surface area contributed by atoms with Crippen LogP contribution in [0, 0.1) is 0 Å². The number of fused-ring (bicyclic) bond motifs is 6. The van der Waals surface area contributed by atoms with Crippen LogP contribution in [0.1, 0.15) is 41.7 Å². The molecule has 9 aromatic rings. The van der Waals surface area contributed by atoms with Gasteiger partial charge in [-0.15, -0.1) is 0 Å².